The van der Waals surface area contributed by atoms with E-state index in [4.69, 9.17) is 16.3 Å². The molecule has 10 heavy (non-hydrogen) atoms. The number of carbonyl (C=O) groups excluding carboxylic acids is 1. The first-order valence-electron chi connectivity index (χ1n) is 3.16. The predicted octanol–water partition coefficient (Wildman–Crippen LogP) is 1.49. The van der Waals surface area contributed by atoms with E-state index < -0.39 is 5.38 Å². The number of hydrogen-bond donors (Lipinski definition) is 0. The van der Waals surface area contributed by atoms with Crippen molar-refractivity contribution in [1.29, 1.82) is 0 Å². The van der Waals surface area contributed by atoms with Gasteiger partial charge in [0.1, 0.15) is 11.1 Å². The number of hydrogen-bond acceptors (Lipinski definition) is 2. The maximum atomic E-state index is 10.9. The van der Waals surface area contributed by atoms with Gasteiger partial charge in [-0.15, -0.1) is 11.6 Å². The molecular formula is C7H9ClO2. The molecule has 0 spiro atoms. The minimum Gasteiger partial charge on any atom is -0.499 e. The van der Waals surface area contributed by atoms with E-state index >= 15 is 0 Å². The van der Waals surface area contributed by atoms with E-state index in [1.165, 1.54) is 7.11 Å². The average Bonchev–Trinajstić information content (AvgIpc) is 1.95. The molecule has 2 nitrogen and oxygen atoms in total. The molecular weight excluding hydrogens is 152 g/mol. The Morgan fingerprint density at radius 3 is 3.00 bits per heavy atom. The fraction of sp³-hybridized carbons (Fsp3) is 0.571. The molecule has 0 aliphatic heterocycles. The lowest BCUT2D eigenvalue weighted by atomic mass is 10.0. The zero-order valence-corrected chi connectivity index (χ0v) is 6.52. The molecule has 1 rings (SSSR count). The number of alkyl halides is 1. The summed E-state index contributed by atoms with van der Waals surface area (Å²) in [6, 6.07) is 0. The Kier molecular flexibility index (Phi) is 2.33. The molecule has 0 fully saturated rings. The zero-order valence-electron chi connectivity index (χ0n) is 5.76. The van der Waals surface area contributed by atoms with E-state index in [0.717, 1.165) is 6.42 Å². The second-order valence-electron chi connectivity index (χ2n) is 2.18. The van der Waals surface area contributed by atoms with Crippen LogP contribution in [0.25, 0.3) is 0 Å². The number of halogens is 1. The summed E-state index contributed by atoms with van der Waals surface area (Å²) in [6.07, 6.45) is 3.16. The summed E-state index contributed by atoms with van der Waals surface area (Å²) in [6.45, 7) is 0. The lowest BCUT2D eigenvalue weighted by Gasteiger charge is -2.15. The van der Waals surface area contributed by atoms with Crippen LogP contribution in [-0.4, -0.2) is 18.3 Å². The molecule has 0 saturated carbocycles. The number of allylic oxidation sites excluding steroid dienone is 2. The van der Waals surface area contributed by atoms with Gasteiger partial charge in [0.15, 0.2) is 5.78 Å². The summed E-state index contributed by atoms with van der Waals surface area (Å²) in [5, 5.41) is -0.543. The van der Waals surface area contributed by atoms with Crippen LogP contribution in [0.3, 0.4) is 0 Å². The Hall–Kier alpha value is -0.500. The van der Waals surface area contributed by atoms with Gasteiger partial charge in [-0.25, -0.2) is 0 Å². The van der Waals surface area contributed by atoms with Gasteiger partial charge < -0.3 is 4.74 Å². The van der Waals surface area contributed by atoms with Crippen molar-refractivity contribution < 1.29 is 9.53 Å². The lowest BCUT2D eigenvalue weighted by Crippen LogP contribution is -2.21. The number of ketones is 1. The SMILES string of the molecule is COC1=CCCC(=O)C1Cl. The first-order valence-corrected chi connectivity index (χ1v) is 3.60. The lowest BCUT2D eigenvalue weighted by molar-refractivity contribution is -0.119. The van der Waals surface area contributed by atoms with E-state index in [-0.39, 0.29) is 5.78 Å². The molecule has 0 N–H and O–H groups in total. The minimum absolute atomic E-state index is 0.0565. The van der Waals surface area contributed by atoms with Crippen LogP contribution >= 0.6 is 11.6 Å². The highest BCUT2D eigenvalue weighted by atomic mass is 35.5. The first-order chi connectivity index (χ1) is 4.75. The number of methoxy groups -OCH3 is 1. The molecule has 0 aromatic carbocycles. The summed E-state index contributed by atoms with van der Waals surface area (Å²) in [5.41, 5.74) is 0. The summed E-state index contributed by atoms with van der Waals surface area (Å²) in [5.74, 6) is 0.652. The number of Topliss-reactive ketones (excluding diaryl/α,β-unsaturated/α-hetero) is 1. The summed E-state index contributed by atoms with van der Waals surface area (Å²) in [7, 11) is 1.53. The van der Waals surface area contributed by atoms with E-state index in [1.54, 1.807) is 0 Å². The van der Waals surface area contributed by atoms with E-state index in [0.29, 0.717) is 12.2 Å². The van der Waals surface area contributed by atoms with Gasteiger partial charge in [-0.05, 0) is 12.5 Å². The van der Waals surface area contributed by atoms with Crippen molar-refractivity contribution in [3.05, 3.63) is 11.8 Å². The normalized spacial score (nSPS) is 26.0. The smallest absolute Gasteiger partial charge is 0.158 e. The quantitative estimate of drug-likeness (QED) is 0.544. The third kappa shape index (κ3) is 1.32. The van der Waals surface area contributed by atoms with Crippen LogP contribution in [0.2, 0.25) is 0 Å². The standard InChI is InChI=1S/C7H9ClO2/c1-10-6-4-2-3-5(9)7(6)8/h4,7H,2-3H2,1H3. The molecule has 0 radical (unpaired) electrons. The minimum atomic E-state index is -0.543. The van der Waals surface area contributed by atoms with Gasteiger partial charge >= 0.3 is 0 Å². The number of rotatable bonds is 1. The average molecular weight is 161 g/mol. The fourth-order valence-electron chi connectivity index (χ4n) is 0.932. The summed E-state index contributed by atoms with van der Waals surface area (Å²) in [4.78, 5) is 10.9. The van der Waals surface area contributed by atoms with E-state index in [1.807, 2.05) is 6.08 Å². The monoisotopic (exact) mass is 160 g/mol. The van der Waals surface area contributed by atoms with E-state index in [9.17, 15) is 4.79 Å². The molecule has 1 aliphatic rings. The summed E-state index contributed by atoms with van der Waals surface area (Å²) < 4.78 is 4.88. The molecule has 3 heteroatoms. The highest BCUT2D eigenvalue weighted by molar-refractivity contribution is 6.33. The van der Waals surface area contributed by atoms with Crippen LogP contribution in [-0.2, 0) is 9.53 Å². The van der Waals surface area contributed by atoms with Crippen molar-refractivity contribution in [3.8, 4) is 0 Å². The van der Waals surface area contributed by atoms with Crippen molar-refractivity contribution in [1.82, 2.24) is 0 Å². The Bertz CT molecular complexity index is 174. The Morgan fingerprint density at radius 2 is 2.50 bits per heavy atom. The number of ether oxygens (including phenoxy) is 1. The van der Waals surface area contributed by atoms with Crippen LogP contribution in [0.1, 0.15) is 12.8 Å². The second kappa shape index (κ2) is 3.06. The Morgan fingerprint density at radius 1 is 1.80 bits per heavy atom. The van der Waals surface area contributed by atoms with Crippen LogP contribution in [0, 0.1) is 0 Å². The first kappa shape index (κ1) is 7.61. The van der Waals surface area contributed by atoms with E-state index in [2.05, 4.69) is 0 Å². The van der Waals surface area contributed by atoms with Gasteiger partial charge in [-0.1, -0.05) is 0 Å². The molecule has 1 aliphatic carbocycles. The van der Waals surface area contributed by atoms with Crippen molar-refractivity contribution in [2.24, 2.45) is 0 Å². The van der Waals surface area contributed by atoms with Crippen LogP contribution in [0.15, 0.2) is 11.8 Å². The third-order valence-corrected chi connectivity index (χ3v) is 1.96. The van der Waals surface area contributed by atoms with Gasteiger partial charge in [-0.3, -0.25) is 4.79 Å². The van der Waals surface area contributed by atoms with Gasteiger partial charge in [-0.2, -0.15) is 0 Å². The van der Waals surface area contributed by atoms with Crippen LogP contribution in [0.5, 0.6) is 0 Å². The second-order valence-corrected chi connectivity index (χ2v) is 2.61. The Labute approximate surface area is 64.8 Å². The van der Waals surface area contributed by atoms with Gasteiger partial charge in [0.05, 0.1) is 7.11 Å². The highest BCUT2D eigenvalue weighted by Crippen LogP contribution is 2.20. The Balaban J connectivity index is 2.71. The largest absolute Gasteiger partial charge is 0.499 e. The van der Waals surface area contributed by atoms with Crippen molar-refractivity contribution in [2.45, 2.75) is 18.2 Å². The highest BCUT2D eigenvalue weighted by Gasteiger charge is 2.23. The van der Waals surface area contributed by atoms with Crippen molar-refractivity contribution >= 4 is 17.4 Å². The molecule has 0 aromatic rings. The predicted molar refractivity (Wildman–Crippen MR) is 39.0 cm³/mol. The molecule has 0 aromatic heterocycles. The fourth-order valence-corrected chi connectivity index (χ4v) is 1.22. The summed E-state index contributed by atoms with van der Waals surface area (Å²) >= 11 is 5.69. The number of carbonyl (C=O) groups is 1. The zero-order chi connectivity index (χ0) is 7.56. The van der Waals surface area contributed by atoms with Gasteiger partial charge in [0.2, 0.25) is 0 Å². The van der Waals surface area contributed by atoms with Gasteiger partial charge in [0.25, 0.3) is 0 Å². The van der Waals surface area contributed by atoms with Crippen LogP contribution in [0.4, 0.5) is 0 Å². The van der Waals surface area contributed by atoms with Crippen molar-refractivity contribution in [2.75, 3.05) is 7.11 Å². The maximum absolute atomic E-state index is 10.9. The molecule has 0 amide bonds. The van der Waals surface area contributed by atoms with Crippen LogP contribution < -0.4 is 0 Å². The molecule has 0 bridgehead atoms. The maximum Gasteiger partial charge on any atom is 0.158 e. The van der Waals surface area contributed by atoms with Crippen molar-refractivity contribution in [3.63, 3.8) is 0 Å². The third-order valence-electron chi connectivity index (χ3n) is 1.50. The molecule has 1 unspecified atom stereocenters. The molecule has 0 heterocycles. The van der Waals surface area contributed by atoms with Gasteiger partial charge in [0, 0.05) is 6.42 Å². The molecule has 0 saturated heterocycles. The molecule has 56 valence electrons. The topological polar surface area (TPSA) is 26.3 Å². The molecule has 1 atom stereocenters.